The summed E-state index contributed by atoms with van der Waals surface area (Å²) in [6.45, 7) is 2.21. The maximum absolute atomic E-state index is 9.31. The number of aliphatic hydroxyl groups is 1. The van der Waals surface area contributed by atoms with E-state index >= 15 is 0 Å². The van der Waals surface area contributed by atoms with Gasteiger partial charge in [0.2, 0.25) is 0 Å². The van der Waals surface area contributed by atoms with Gasteiger partial charge < -0.3 is 5.11 Å². The van der Waals surface area contributed by atoms with Gasteiger partial charge in [-0.15, -0.1) is 11.3 Å². The Hall–Kier alpha value is -1.16. The van der Waals surface area contributed by atoms with Gasteiger partial charge in [0.05, 0.1) is 10.4 Å². The van der Waals surface area contributed by atoms with Crippen LogP contribution in [0.5, 0.6) is 0 Å². The largest absolute Gasteiger partial charge is 0.392 e. The van der Waals surface area contributed by atoms with E-state index in [9.17, 15) is 5.11 Å². The molecule has 0 fully saturated rings. The van der Waals surface area contributed by atoms with Gasteiger partial charge in [0.25, 0.3) is 0 Å². The molecular formula is C16H13BrOS. The SMILES string of the molecule is Cc1ccccc1-c1c(Br)sc2ccc(CO)cc12. The first-order chi connectivity index (χ1) is 9.20. The van der Waals surface area contributed by atoms with Crippen LogP contribution in [0.25, 0.3) is 21.2 Å². The fourth-order valence-corrected chi connectivity index (χ4v) is 4.19. The molecule has 3 heteroatoms. The smallest absolute Gasteiger partial charge is 0.0789 e. The second kappa shape index (κ2) is 5.08. The van der Waals surface area contributed by atoms with Gasteiger partial charge in [0.15, 0.2) is 0 Å². The average Bonchev–Trinajstić information content (AvgIpc) is 2.74. The Morgan fingerprint density at radius 3 is 2.68 bits per heavy atom. The van der Waals surface area contributed by atoms with Crippen molar-refractivity contribution in [2.45, 2.75) is 13.5 Å². The van der Waals surface area contributed by atoms with Crippen molar-refractivity contribution in [2.75, 3.05) is 0 Å². The number of aryl methyl sites for hydroxylation is 1. The quantitative estimate of drug-likeness (QED) is 0.689. The molecule has 3 rings (SSSR count). The number of hydrogen-bond donors (Lipinski definition) is 1. The Balaban J connectivity index is 2.34. The van der Waals surface area contributed by atoms with E-state index in [1.165, 1.54) is 26.8 Å². The highest BCUT2D eigenvalue weighted by molar-refractivity contribution is 9.11. The van der Waals surface area contributed by atoms with Gasteiger partial charge in [-0.25, -0.2) is 0 Å². The Kier molecular flexibility index (Phi) is 3.44. The predicted octanol–water partition coefficient (Wildman–Crippen LogP) is 5.13. The van der Waals surface area contributed by atoms with E-state index in [0.717, 1.165) is 9.35 Å². The lowest BCUT2D eigenvalue weighted by molar-refractivity contribution is 0.282. The van der Waals surface area contributed by atoms with Crippen molar-refractivity contribution >= 4 is 37.4 Å². The highest BCUT2D eigenvalue weighted by atomic mass is 79.9. The van der Waals surface area contributed by atoms with Crippen LogP contribution in [-0.4, -0.2) is 5.11 Å². The molecule has 0 spiro atoms. The minimum absolute atomic E-state index is 0.0800. The molecule has 3 aromatic rings. The second-order valence-electron chi connectivity index (χ2n) is 4.55. The molecule has 1 aromatic heterocycles. The minimum atomic E-state index is 0.0800. The normalized spacial score (nSPS) is 11.1. The number of thiophene rings is 1. The molecule has 0 aliphatic carbocycles. The van der Waals surface area contributed by atoms with E-state index in [4.69, 9.17) is 0 Å². The van der Waals surface area contributed by atoms with Crippen molar-refractivity contribution in [3.8, 4) is 11.1 Å². The Morgan fingerprint density at radius 2 is 1.95 bits per heavy atom. The van der Waals surface area contributed by atoms with Gasteiger partial charge in [-0.1, -0.05) is 30.3 Å². The monoisotopic (exact) mass is 332 g/mol. The molecule has 0 unspecified atom stereocenters. The number of rotatable bonds is 2. The number of benzene rings is 2. The lowest BCUT2D eigenvalue weighted by Crippen LogP contribution is -1.84. The number of fused-ring (bicyclic) bond motifs is 1. The van der Waals surface area contributed by atoms with Crippen LogP contribution in [0.1, 0.15) is 11.1 Å². The van der Waals surface area contributed by atoms with Gasteiger partial charge in [0, 0.05) is 15.6 Å². The summed E-state index contributed by atoms with van der Waals surface area (Å²) in [6.07, 6.45) is 0. The molecule has 0 bridgehead atoms. The third-order valence-corrected chi connectivity index (χ3v) is 5.15. The van der Waals surface area contributed by atoms with E-state index in [-0.39, 0.29) is 6.61 Å². The first-order valence-corrected chi connectivity index (χ1v) is 7.69. The maximum atomic E-state index is 9.31. The summed E-state index contributed by atoms with van der Waals surface area (Å²) in [6, 6.07) is 14.5. The van der Waals surface area contributed by atoms with Gasteiger partial charge >= 0.3 is 0 Å². The first-order valence-electron chi connectivity index (χ1n) is 6.08. The van der Waals surface area contributed by atoms with Gasteiger partial charge in [-0.3, -0.25) is 0 Å². The molecule has 0 atom stereocenters. The molecule has 0 aliphatic rings. The number of aliphatic hydroxyl groups excluding tert-OH is 1. The molecule has 0 saturated carbocycles. The summed E-state index contributed by atoms with van der Waals surface area (Å²) in [5.74, 6) is 0. The number of halogens is 1. The molecule has 0 saturated heterocycles. The number of hydrogen-bond acceptors (Lipinski definition) is 2. The fourth-order valence-electron chi connectivity index (χ4n) is 2.32. The molecule has 1 heterocycles. The standard InChI is InChI=1S/C16H13BrOS/c1-10-4-2-3-5-12(10)15-13-8-11(9-18)6-7-14(13)19-16(15)17/h2-8,18H,9H2,1H3. The first kappa shape index (κ1) is 12.9. The lowest BCUT2D eigenvalue weighted by Gasteiger charge is -2.06. The van der Waals surface area contributed by atoms with Crippen molar-refractivity contribution in [1.82, 2.24) is 0 Å². The van der Waals surface area contributed by atoms with Gasteiger partial charge in [-0.05, 0) is 51.7 Å². The maximum Gasteiger partial charge on any atom is 0.0789 e. The van der Waals surface area contributed by atoms with Crippen molar-refractivity contribution in [3.05, 3.63) is 57.4 Å². The van der Waals surface area contributed by atoms with E-state index in [1.807, 2.05) is 6.07 Å². The molecule has 19 heavy (non-hydrogen) atoms. The summed E-state index contributed by atoms with van der Waals surface area (Å²) >= 11 is 5.42. The molecule has 0 aliphatic heterocycles. The van der Waals surface area contributed by atoms with Crippen molar-refractivity contribution < 1.29 is 5.11 Å². The van der Waals surface area contributed by atoms with Crippen LogP contribution in [-0.2, 0) is 6.61 Å². The molecule has 2 aromatic carbocycles. The topological polar surface area (TPSA) is 20.2 Å². The second-order valence-corrected chi connectivity index (χ2v) is 6.92. The van der Waals surface area contributed by atoms with Crippen LogP contribution in [0.4, 0.5) is 0 Å². The van der Waals surface area contributed by atoms with E-state index in [2.05, 4.69) is 59.3 Å². The van der Waals surface area contributed by atoms with Crippen LogP contribution in [0.15, 0.2) is 46.3 Å². The van der Waals surface area contributed by atoms with Gasteiger partial charge in [0.1, 0.15) is 0 Å². The minimum Gasteiger partial charge on any atom is -0.392 e. The van der Waals surface area contributed by atoms with Crippen LogP contribution < -0.4 is 0 Å². The van der Waals surface area contributed by atoms with Crippen molar-refractivity contribution in [3.63, 3.8) is 0 Å². The zero-order valence-corrected chi connectivity index (χ0v) is 12.9. The fraction of sp³-hybridized carbons (Fsp3) is 0.125. The summed E-state index contributed by atoms with van der Waals surface area (Å²) in [5.41, 5.74) is 4.69. The van der Waals surface area contributed by atoms with E-state index < -0.39 is 0 Å². The predicted molar refractivity (Wildman–Crippen MR) is 85.6 cm³/mol. The summed E-state index contributed by atoms with van der Waals surface area (Å²) in [7, 11) is 0. The lowest BCUT2D eigenvalue weighted by atomic mass is 9.99. The Labute approximate surface area is 124 Å². The molecule has 0 radical (unpaired) electrons. The third-order valence-electron chi connectivity index (χ3n) is 3.31. The average molecular weight is 333 g/mol. The van der Waals surface area contributed by atoms with E-state index in [0.29, 0.717) is 0 Å². The van der Waals surface area contributed by atoms with Crippen LogP contribution in [0.2, 0.25) is 0 Å². The molecular weight excluding hydrogens is 320 g/mol. The Morgan fingerprint density at radius 1 is 1.16 bits per heavy atom. The summed E-state index contributed by atoms with van der Waals surface area (Å²) in [5, 5.41) is 10.5. The molecule has 0 amide bonds. The third kappa shape index (κ3) is 2.22. The highest BCUT2D eigenvalue weighted by Crippen LogP contribution is 2.43. The molecule has 1 N–H and O–H groups in total. The van der Waals surface area contributed by atoms with Gasteiger partial charge in [-0.2, -0.15) is 0 Å². The zero-order chi connectivity index (χ0) is 13.4. The van der Waals surface area contributed by atoms with E-state index in [1.54, 1.807) is 11.3 Å². The summed E-state index contributed by atoms with van der Waals surface area (Å²) < 4.78 is 2.38. The zero-order valence-electron chi connectivity index (χ0n) is 10.5. The summed E-state index contributed by atoms with van der Waals surface area (Å²) in [4.78, 5) is 0. The van der Waals surface area contributed by atoms with Crippen molar-refractivity contribution in [1.29, 1.82) is 0 Å². The molecule has 1 nitrogen and oxygen atoms in total. The Bertz CT molecular complexity index is 746. The highest BCUT2D eigenvalue weighted by Gasteiger charge is 2.14. The van der Waals surface area contributed by atoms with Crippen LogP contribution in [0, 0.1) is 6.92 Å². The molecule has 96 valence electrons. The van der Waals surface area contributed by atoms with Crippen LogP contribution >= 0.6 is 27.3 Å². The van der Waals surface area contributed by atoms with Crippen LogP contribution in [0.3, 0.4) is 0 Å². The van der Waals surface area contributed by atoms with Crippen molar-refractivity contribution in [2.24, 2.45) is 0 Å².